The van der Waals surface area contributed by atoms with E-state index in [0.29, 0.717) is 12.8 Å². The van der Waals surface area contributed by atoms with Gasteiger partial charge in [0, 0.05) is 12.2 Å². The maximum Gasteiger partial charge on any atom is 0.349 e. The van der Waals surface area contributed by atoms with Crippen LogP contribution in [0, 0.1) is 24.7 Å². The Bertz CT molecular complexity index is 531. The van der Waals surface area contributed by atoms with Crippen molar-refractivity contribution in [3.63, 3.8) is 0 Å². The molecule has 0 amide bonds. The smallest absolute Gasteiger partial charge is 0.349 e. The van der Waals surface area contributed by atoms with Crippen molar-refractivity contribution in [2.45, 2.75) is 25.0 Å². The van der Waals surface area contributed by atoms with Gasteiger partial charge in [-0.15, -0.1) is 6.42 Å². The van der Waals surface area contributed by atoms with Crippen LogP contribution in [0.4, 0.5) is 5.82 Å². The molecule has 1 saturated carbocycles. The van der Waals surface area contributed by atoms with Crippen LogP contribution in [0.25, 0.3) is 0 Å². The highest BCUT2D eigenvalue weighted by Crippen LogP contribution is 2.42. The van der Waals surface area contributed by atoms with Crippen LogP contribution in [0.3, 0.4) is 0 Å². The number of aliphatic hydroxyl groups is 1. The topological polar surface area (TPSA) is 81.1 Å². The molecule has 0 unspecified atom stereocenters. The largest absolute Gasteiger partial charge is 0.391 e. The molecule has 5 nitrogen and oxygen atoms in total. The summed E-state index contributed by atoms with van der Waals surface area (Å²) in [6.07, 6.45) is 7.09. The van der Waals surface area contributed by atoms with Crippen molar-refractivity contribution in [1.82, 2.24) is 9.55 Å². The molecule has 3 N–H and O–H groups in total. The fourth-order valence-corrected chi connectivity index (χ4v) is 2.19. The zero-order valence-electron chi connectivity index (χ0n) is 9.34. The number of nitrogen functional groups attached to an aromatic ring is 1. The molecular weight excluding hydrogens is 218 g/mol. The molecule has 0 saturated heterocycles. The first kappa shape index (κ1) is 11.7. The number of terminal acetylenes is 1. The molecule has 1 aromatic heterocycles. The SMILES string of the molecule is C#C[C@@]1([CH2])C[C@H](n2ccc(N)nc2=O)C[C@H]1O. The number of hydrogen-bond donors (Lipinski definition) is 2. The first-order valence-corrected chi connectivity index (χ1v) is 5.32. The lowest BCUT2D eigenvalue weighted by Gasteiger charge is -2.20. The summed E-state index contributed by atoms with van der Waals surface area (Å²) >= 11 is 0. The first-order valence-electron chi connectivity index (χ1n) is 5.32. The predicted octanol–water partition coefficient (Wildman–Crippen LogP) is -0.0250. The third kappa shape index (κ3) is 1.92. The molecule has 17 heavy (non-hydrogen) atoms. The van der Waals surface area contributed by atoms with Crippen LogP contribution in [0.1, 0.15) is 18.9 Å². The molecule has 3 atom stereocenters. The number of nitrogens with zero attached hydrogens (tertiary/aromatic N) is 2. The van der Waals surface area contributed by atoms with Crippen molar-refractivity contribution in [2.75, 3.05) is 5.73 Å². The Morgan fingerprint density at radius 1 is 1.76 bits per heavy atom. The monoisotopic (exact) mass is 232 g/mol. The summed E-state index contributed by atoms with van der Waals surface area (Å²) in [5, 5.41) is 9.86. The highest BCUT2D eigenvalue weighted by atomic mass is 16.3. The summed E-state index contributed by atoms with van der Waals surface area (Å²) in [6.45, 7) is 3.84. The molecule has 1 aliphatic carbocycles. The minimum atomic E-state index is -0.828. The zero-order chi connectivity index (χ0) is 12.6. The number of aliphatic hydroxyl groups excluding tert-OH is 1. The Labute approximate surface area is 99.3 Å². The van der Waals surface area contributed by atoms with Gasteiger partial charge in [-0.25, -0.2) is 4.79 Å². The Hall–Kier alpha value is -1.80. The lowest BCUT2D eigenvalue weighted by molar-refractivity contribution is 0.119. The summed E-state index contributed by atoms with van der Waals surface area (Å²) in [5.74, 6) is 2.68. The van der Waals surface area contributed by atoms with Gasteiger partial charge in [-0.2, -0.15) is 4.98 Å². The summed E-state index contributed by atoms with van der Waals surface area (Å²) < 4.78 is 1.45. The normalized spacial score (nSPS) is 32.3. The van der Waals surface area contributed by atoms with E-state index in [9.17, 15) is 9.90 Å². The van der Waals surface area contributed by atoms with Crippen LogP contribution in [-0.4, -0.2) is 20.8 Å². The zero-order valence-corrected chi connectivity index (χ0v) is 9.34. The molecule has 89 valence electrons. The van der Waals surface area contributed by atoms with E-state index in [1.165, 1.54) is 4.57 Å². The number of rotatable bonds is 1. The minimum Gasteiger partial charge on any atom is -0.391 e. The van der Waals surface area contributed by atoms with Crippen molar-refractivity contribution < 1.29 is 5.11 Å². The average Bonchev–Trinajstić information content (AvgIpc) is 2.56. The lowest BCUT2D eigenvalue weighted by atomic mass is 9.88. The van der Waals surface area contributed by atoms with Gasteiger partial charge in [0.1, 0.15) is 5.82 Å². The fourth-order valence-electron chi connectivity index (χ4n) is 2.19. The van der Waals surface area contributed by atoms with Crippen LogP contribution >= 0.6 is 0 Å². The number of hydrogen-bond acceptors (Lipinski definition) is 4. The first-order chi connectivity index (χ1) is 7.96. The van der Waals surface area contributed by atoms with E-state index in [1.54, 1.807) is 12.3 Å². The van der Waals surface area contributed by atoms with Gasteiger partial charge < -0.3 is 10.8 Å². The second-order valence-corrected chi connectivity index (χ2v) is 4.45. The van der Waals surface area contributed by atoms with Crippen LogP contribution in [0.15, 0.2) is 17.1 Å². The molecular formula is C12H14N3O2. The van der Waals surface area contributed by atoms with Crippen LogP contribution in [-0.2, 0) is 0 Å². The Morgan fingerprint density at radius 3 is 3.00 bits per heavy atom. The summed E-state index contributed by atoms with van der Waals surface area (Å²) in [5.41, 5.74) is 4.16. The van der Waals surface area contributed by atoms with Crippen molar-refractivity contribution in [3.8, 4) is 12.3 Å². The van der Waals surface area contributed by atoms with Crippen LogP contribution in [0.2, 0.25) is 0 Å². The molecule has 1 fully saturated rings. The molecule has 1 heterocycles. The Morgan fingerprint density at radius 2 is 2.47 bits per heavy atom. The third-order valence-electron chi connectivity index (χ3n) is 3.27. The van der Waals surface area contributed by atoms with E-state index >= 15 is 0 Å². The van der Waals surface area contributed by atoms with Gasteiger partial charge in [-0.3, -0.25) is 4.57 Å². The van der Waals surface area contributed by atoms with E-state index in [1.807, 2.05) is 0 Å². The number of anilines is 1. The second kappa shape index (κ2) is 3.90. The van der Waals surface area contributed by atoms with Gasteiger partial charge in [-0.1, -0.05) is 5.92 Å². The molecule has 1 radical (unpaired) electrons. The fraction of sp³-hybridized carbons (Fsp3) is 0.417. The maximum atomic E-state index is 11.7. The Kier molecular flexibility index (Phi) is 2.68. The molecule has 0 aliphatic heterocycles. The van der Waals surface area contributed by atoms with E-state index in [4.69, 9.17) is 12.2 Å². The van der Waals surface area contributed by atoms with Crippen LogP contribution in [0.5, 0.6) is 0 Å². The van der Waals surface area contributed by atoms with Gasteiger partial charge >= 0.3 is 5.69 Å². The summed E-state index contributed by atoms with van der Waals surface area (Å²) in [7, 11) is 0. The molecule has 0 aromatic carbocycles. The van der Waals surface area contributed by atoms with Crippen LogP contribution < -0.4 is 11.4 Å². The highest BCUT2D eigenvalue weighted by molar-refractivity contribution is 5.24. The lowest BCUT2D eigenvalue weighted by Crippen LogP contribution is -2.26. The third-order valence-corrected chi connectivity index (χ3v) is 3.27. The summed E-state index contributed by atoms with van der Waals surface area (Å²) in [4.78, 5) is 15.3. The van der Waals surface area contributed by atoms with Crippen molar-refractivity contribution in [1.29, 1.82) is 0 Å². The van der Waals surface area contributed by atoms with E-state index < -0.39 is 17.2 Å². The standard InChI is InChI=1S/C12H14N3O2/c1-3-12(2)7-8(6-9(12)16)15-5-4-10(13)14-11(15)17/h1,4-5,8-9,16H,2,6-7H2,(H2,13,14,17)/t8-,9-,12+/m1/s1. The maximum absolute atomic E-state index is 11.7. The van der Waals surface area contributed by atoms with Gasteiger partial charge in [0.15, 0.2) is 0 Å². The second-order valence-electron chi connectivity index (χ2n) is 4.45. The number of nitrogens with two attached hydrogens (primary N) is 1. The van der Waals surface area contributed by atoms with Gasteiger partial charge in [0.25, 0.3) is 0 Å². The highest BCUT2D eigenvalue weighted by Gasteiger charge is 2.43. The molecule has 0 bridgehead atoms. The molecule has 1 aliphatic rings. The van der Waals surface area contributed by atoms with E-state index in [-0.39, 0.29) is 11.9 Å². The van der Waals surface area contributed by atoms with Crippen molar-refractivity contribution in [3.05, 3.63) is 29.7 Å². The van der Waals surface area contributed by atoms with Gasteiger partial charge in [0.05, 0.1) is 11.5 Å². The van der Waals surface area contributed by atoms with Crippen molar-refractivity contribution in [2.24, 2.45) is 5.41 Å². The average molecular weight is 232 g/mol. The minimum absolute atomic E-state index is 0.181. The number of aromatic nitrogens is 2. The molecule has 5 heteroatoms. The van der Waals surface area contributed by atoms with Gasteiger partial charge in [0.2, 0.25) is 0 Å². The molecule has 1 aromatic rings. The van der Waals surface area contributed by atoms with Crippen molar-refractivity contribution >= 4 is 5.82 Å². The van der Waals surface area contributed by atoms with E-state index in [0.717, 1.165) is 0 Å². The Balaban J connectivity index is 2.33. The quantitative estimate of drug-likeness (QED) is 0.666. The summed E-state index contributed by atoms with van der Waals surface area (Å²) in [6, 6.07) is 1.37. The molecule has 0 spiro atoms. The predicted molar refractivity (Wildman–Crippen MR) is 63.8 cm³/mol. The molecule has 2 rings (SSSR count). The van der Waals surface area contributed by atoms with E-state index in [2.05, 4.69) is 17.8 Å². The van der Waals surface area contributed by atoms with Gasteiger partial charge in [-0.05, 0) is 25.8 Å².